The van der Waals surface area contributed by atoms with Crippen LogP contribution in [0.25, 0.3) is 34.0 Å². The van der Waals surface area contributed by atoms with E-state index in [1.165, 1.54) is 18.2 Å². The number of rotatable bonds is 4. The maximum atomic E-state index is 11.5. The van der Waals surface area contributed by atoms with E-state index in [0.717, 1.165) is 11.0 Å². The van der Waals surface area contributed by atoms with Crippen molar-refractivity contribution >= 4 is 40.3 Å². The number of halogens is 1. The van der Waals surface area contributed by atoms with Crippen LogP contribution in [0.2, 0.25) is 5.02 Å². The van der Waals surface area contributed by atoms with Crippen LogP contribution in [0.5, 0.6) is 0 Å². The van der Waals surface area contributed by atoms with Gasteiger partial charge in [-0.2, -0.15) is 5.26 Å². The molecule has 4 rings (SSSR count). The third-order valence-electron chi connectivity index (χ3n) is 4.16. The lowest BCUT2D eigenvalue weighted by atomic mass is 10.1. The van der Waals surface area contributed by atoms with Crippen LogP contribution in [0.4, 0.5) is 0 Å². The summed E-state index contributed by atoms with van der Waals surface area (Å²) in [5.41, 5.74) is 2.31. The second-order valence-corrected chi connectivity index (χ2v) is 6.41. The summed E-state index contributed by atoms with van der Waals surface area (Å²) in [5.74, 6) is 0.0761. The minimum absolute atomic E-state index is 0.0760. The van der Waals surface area contributed by atoms with Gasteiger partial charge in [-0.15, -0.1) is 0 Å². The predicted molar refractivity (Wildman–Crippen MR) is 106 cm³/mol. The smallest absolute Gasteiger partial charge is 0.336 e. The zero-order valence-corrected chi connectivity index (χ0v) is 15.1. The average Bonchev–Trinajstić information content (AvgIpc) is 3.32. The molecule has 0 saturated carbocycles. The fraction of sp³-hybridized carbons (Fsp3) is 0. The van der Waals surface area contributed by atoms with E-state index in [1.807, 2.05) is 24.3 Å². The SMILES string of the molecule is N#CC(=Cc1ccc(-c2cc(Cl)ccc2C(=O)O)o1)c1nc2ccccc2[nH]1. The largest absolute Gasteiger partial charge is 0.478 e. The number of nitrogens with zero attached hydrogens (tertiary/aromatic N) is 2. The summed E-state index contributed by atoms with van der Waals surface area (Å²) in [4.78, 5) is 19.0. The number of benzene rings is 2. The van der Waals surface area contributed by atoms with E-state index in [2.05, 4.69) is 16.0 Å². The minimum Gasteiger partial charge on any atom is -0.478 e. The normalized spacial score (nSPS) is 11.5. The molecule has 0 unspecified atom stereocenters. The van der Waals surface area contributed by atoms with Gasteiger partial charge in [0, 0.05) is 16.7 Å². The second-order valence-electron chi connectivity index (χ2n) is 5.97. The Labute approximate surface area is 164 Å². The standard InChI is InChI=1S/C21H12ClN3O3/c22-13-5-7-15(21(26)27)16(10-13)19-8-6-14(28-19)9-12(11-23)20-24-17-3-1-2-4-18(17)25-20/h1-10H,(H,24,25)(H,26,27). The molecule has 28 heavy (non-hydrogen) atoms. The molecule has 0 bridgehead atoms. The number of hydrogen-bond donors (Lipinski definition) is 2. The first-order chi connectivity index (χ1) is 13.5. The van der Waals surface area contributed by atoms with Crippen molar-refractivity contribution in [2.75, 3.05) is 0 Å². The van der Waals surface area contributed by atoms with Crippen molar-refractivity contribution in [2.24, 2.45) is 0 Å². The van der Waals surface area contributed by atoms with Crippen LogP contribution in [-0.4, -0.2) is 21.0 Å². The first-order valence-electron chi connectivity index (χ1n) is 8.25. The van der Waals surface area contributed by atoms with Crippen molar-refractivity contribution < 1.29 is 14.3 Å². The monoisotopic (exact) mass is 389 g/mol. The highest BCUT2D eigenvalue weighted by molar-refractivity contribution is 6.31. The van der Waals surface area contributed by atoms with Crippen LogP contribution in [0.3, 0.4) is 0 Å². The number of furan rings is 1. The number of carboxylic acids is 1. The summed E-state index contributed by atoms with van der Waals surface area (Å²) in [7, 11) is 0. The molecule has 7 heteroatoms. The van der Waals surface area contributed by atoms with Crippen LogP contribution in [0, 0.1) is 11.3 Å². The van der Waals surface area contributed by atoms with Crippen molar-refractivity contribution in [3.63, 3.8) is 0 Å². The number of nitriles is 1. The average molecular weight is 390 g/mol. The molecule has 6 nitrogen and oxygen atoms in total. The number of aromatic nitrogens is 2. The molecule has 0 saturated heterocycles. The Balaban J connectivity index is 1.74. The van der Waals surface area contributed by atoms with Gasteiger partial charge >= 0.3 is 5.97 Å². The van der Waals surface area contributed by atoms with E-state index in [0.29, 0.717) is 33.5 Å². The van der Waals surface area contributed by atoms with Gasteiger partial charge in [0.05, 0.1) is 22.2 Å². The number of allylic oxidation sites excluding steroid dienone is 1. The third-order valence-corrected chi connectivity index (χ3v) is 4.39. The summed E-state index contributed by atoms with van der Waals surface area (Å²) in [6.45, 7) is 0. The van der Waals surface area contributed by atoms with Crippen molar-refractivity contribution in [2.45, 2.75) is 0 Å². The molecule has 0 aliphatic heterocycles. The van der Waals surface area contributed by atoms with E-state index < -0.39 is 5.97 Å². The van der Waals surface area contributed by atoms with E-state index in [-0.39, 0.29) is 5.56 Å². The zero-order valence-electron chi connectivity index (χ0n) is 14.3. The number of carbonyl (C=O) groups is 1. The van der Waals surface area contributed by atoms with Crippen molar-refractivity contribution in [1.82, 2.24) is 9.97 Å². The molecule has 4 aromatic rings. The molecule has 0 aliphatic carbocycles. The Hall–Kier alpha value is -3.82. The molecule has 2 heterocycles. The molecule has 0 amide bonds. The van der Waals surface area contributed by atoms with Gasteiger partial charge in [-0.1, -0.05) is 23.7 Å². The fourth-order valence-electron chi connectivity index (χ4n) is 2.86. The number of fused-ring (bicyclic) bond motifs is 1. The third kappa shape index (κ3) is 3.27. The number of para-hydroxylation sites is 2. The molecule has 2 aromatic heterocycles. The molecule has 0 atom stereocenters. The predicted octanol–water partition coefficient (Wildman–Crippen LogP) is 5.24. The van der Waals surface area contributed by atoms with Crippen molar-refractivity contribution in [3.05, 3.63) is 76.8 Å². The van der Waals surface area contributed by atoms with E-state index in [4.69, 9.17) is 16.0 Å². The Morgan fingerprint density at radius 2 is 2.04 bits per heavy atom. The van der Waals surface area contributed by atoms with Gasteiger partial charge in [-0.3, -0.25) is 0 Å². The van der Waals surface area contributed by atoms with E-state index >= 15 is 0 Å². The van der Waals surface area contributed by atoms with Crippen LogP contribution in [-0.2, 0) is 0 Å². The molecule has 0 aliphatic rings. The summed E-state index contributed by atoms with van der Waals surface area (Å²) < 4.78 is 5.75. The number of aromatic carboxylic acids is 1. The summed E-state index contributed by atoms with van der Waals surface area (Å²) >= 11 is 6.00. The first kappa shape index (κ1) is 17.6. The van der Waals surface area contributed by atoms with Gasteiger partial charge in [-0.25, -0.2) is 9.78 Å². The van der Waals surface area contributed by atoms with Gasteiger partial charge in [0.2, 0.25) is 0 Å². The fourth-order valence-corrected chi connectivity index (χ4v) is 3.03. The highest BCUT2D eigenvalue weighted by Crippen LogP contribution is 2.30. The Kier molecular flexibility index (Phi) is 4.44. The van der Waals surface area contributed by atoms with Gasteiger partial charge in [0.25, 0.3) is 0 Å². The van der Waals surface area contributed by atoms with Crippen LogP contribution in [0.1, 0.15) is 21.9 Å². The molecular formula is C21H12ClN3O3. The maximum Gasteiger partial charge on any atom is 0.336 e. The van der Waals surface area contributed by atoms with Crippen LogP contribution >= 0.6 is 11.6 Å². The Morgan fingerprint density at radius 3 is 2.79 bits per heavy atom. The molecule has 0 radical (unpaired) electrons. The molecule has 136 valence electrons. The van der Waals surface area contributed by atoms with Gasteiger partial charge < -0.3 is 14.5 Å². The summed E-state index contributed by atoms with van der Waals surface area (Å²) in [5, 5.41) is 19.3. The molecule has 0 spiro atoms. The van der Waals surface area contributed by atoms with Crippen LogP contribution < -0.4 is 0 Å². The van der Waals surface area contributed by atoms with E-state index in [9.17, 15) is 15.2 Å². The number of H-pyrrole nitrogens is 1. The zero-order chi connectivity index (χ0) is 19.7. The maximum absolute atomic E-state index is 11.5. The van der Waals surface area contributed by atoms with E-state index in [1.54, 1.807) is 18.2 Å². The van der Waals surface area contributed by atoms with Gasteiger partial charge in [0.1, 0.15) is 23.4 Å². The molecular weight excluding hydrogens is 378 g/mol. The molecule has 2 aromatic carbocycles. The number of imidazole rings is 1. The molecule has 0 fully saturated rings. The van der Waals surface area contributed by atoms with Gasteiger partial charge in [-0.05, 0) is 42.5 Å². The van der Waals surface area contributed by atoms with Crippen molar-refractivity contribution in [1.29, 1.82) is 5.26 Å². The Morgan fingerprint density at radius 1 is 1.21 bits per heavy atom. The topological polar surface area (TPSA) is 103 Å². The van der Waals surface area contributed by atoms with Crippen molar-refractivity contribution in [3.8, 4) is 17.4 Å². The number of carboxylic acid groups (broad SMARTS) is 1. The summed E-state index contributed by atoms with van der Waals surface area (Å²) in [6.07, 6.45) is 1.55. The van der Waals surface area contributed by atoms with Gasteiger partial charge in [0.15, 0.2) is 0 Å². The summed E-state index contributed by atoms with van der Waals surface area (Å²) in [6, 6.07) is 17.3. The van der Waals surface area contributed by atoms with Crippen LogP contribution in [0.15, 0.2) is 59.0 Å². The lowest BCUT2D eigenvalue weighted by molar-refractivity contribution is 0.0697. The molecule has 2 N–H and O–H groups in total. The second kappa shape index (κ2) is 7.06. The number of hydrogen-bond acceptors (Lipinski definition) is 4. The highest BCUT2D eigenvalue weighted by atomic mass is 35.5. The minimum atomic E-state index is -1.08. The number of nitrogens with one attached hydrogen (secondary N) is 1. The lowest BCUT2D eigenvalue weighted by Gasteiger charge is -2.03. The Bertz CT molecular complexity index is 1240. The lowest BCUT2D eigenvalue weighted by Crippen LogP contribution is -1.98. The first-order valence-corrected chi connectivity index (χ1v) is 8.63. The number of aromatic amines is 1. The quantitative estimate of drug-likeness (QED) is 0.464. The highest BCUT2D eigenvalue weighted by Gasteiger charge is 2.16.